The fourth-order valence-corrected chi connectivity index (χ4v) is 1.77. The van der Waals surface area contributed by atoms with Gasteiger partial charge in [0, 0.05) is 32.2 Å². The van der Waals surface area contributed by atoms with Gasteiger partial charge in [-0.1, -0.05) is 6.92 Å². The Balaban J connectivity index is 2.35. The van der Waals surface area contributed by atoms with Gasteiger partial charge in [0.2, 0.25) is 0 Å². The van der Waals surface area contributed by atoms with E-state index in [0.717, 1.165) is 26.1 Å². The minimum absolute atomic E-state index is 0.139. The first-order valence-corrected chi connectivity index (χ1v) is 5.01. The molecule has 0 aromatic carbocycles. The van der Waals surface area contributed by atoms with E-state index in [1.54, 1.807) is 0 Å². The summed E-state index contributed by atoms with van der Waals surface area (Å²) in [4.78, 5) is 2.25. The predicted octanol–water partition coefficient (Wildman–Crippen LogP) is -0.977. The summed E-state index contributed by atoms with van der Waals surface area (Å²) in [5.74, 6) is 0. The van der Waals surface area contributed by atoms with Crippen LogP contribution in [0.25, 0.3) is 0 Å². The summed E-state index contributed by atoms with van der Waals surface area (Å²) in [5.41, 5.74) is 0. The number of rotatable bonds is 4. The third-order valence-electron chi connectivity index (χ3n) is 2.60. The molecule has 1 heterocycles. The maximum absolute atomic E-state index is 9.31. The van der Waals surface area contributed by atoms with Gasteiger partial charge in [0.15, 0.2) is 0 Å². The molecular weight excluding hydrogens is 168 g/mol. The summed E-state index contributed by atoms with van der Waals surface area (Å²) in [6.45, 7) is 5.55. The molecule has 2 atom stereocenters. The molecular formula is C9H20N2O2. The fraction of sp³-hybridized carbons (Fsp3) is 1.00. The number of aliphatic hydroxyl groups excluding tert-OH is 2. The average Bonchev–Trinajstić information content (AvgIpc) is 2.18. The normalized spacial score (nSPS) is 27.5. The average molecular weight is 188 g/mol. The minimum atomic E-state index is -0.591. The van der Waals surface area contributed by atoms with Crippen molar-refractivity contribution >= 4 is 0 Å². The van der Waals surface area contributed by atoms with Gasteiger partial charge in [0.25, 0.3) is 0 Å². The van der Waals surface area contributed by atoms with Crippen LogP contribution in [-0.4, -0.2) is 60.0 Å². The summed E-state index contributed by atoms with van der Waals surface area (Å²) >= 11 is 0. The van der Waals surface area contributed by atoms with Crippen molar-refractivity contribution in [2.24, 2.45) is 0 Å². The Morgan fingerprint density at radius 1 is 1.62 bits per heavy atom. The number of aliphatic hydroxyl groups is 2. The van der Waals surface area contributed by atoms with E-state index in [1.807, 2.05) is 0 Å². The molecule has 1 aliphatic rings. The van der Waals surface area contributed by atoms with E-state index in [4.69, 9.17) is 5.11 Å². The quantitative estimate of drug-likeness (QED) is 0.531. The molecule has 0 aromatic heterocycles. The molecule has 13 heavy (non-hydrogen) atoms. The van der Waals surface area contributed by atoms with E-state index in [2.05, 4.69) is 17.1 Å². The number of piperazine rings is 1. The largest absolute Gasteiger partial charge is 0.394 e. The summed E-state index contributed by atoms with van der Waals surface area (Å²) in [7, 11) is 0. The van der Waals surface area contributed by atoms with Gasteiger partial charge < -0.3 is 15.5 Å². The van der Waals surface area contributed by atoms with Gasteiger partial charge in [-0.2, -0.15) is 0 Å². The molecule has 2 unspecified atom stereocenters. The van der Waals surface area contributed by atoms with Crippen LogP contribution < -0.4 is 5.32 Å². The Bertz CT molecular complexity index is 144. The highest BCUT2D eigenvalue weighted by atomic mass is 16.3. The molecule has 0 saturated carbocycles. The third-order valence-corrected chi connectivity index (χ3v) is 2.60. The molecule has 4 heteroatoms. The van der Waals surface area contributed by atoms with E-state index >= 15 is 0 Å². The number of hydrogen-bond acceptors (Lipinski definition) is 4. The monoisotopic (exact) mass is 188 g/mol. The smallest absolute Gasteiger partial charge is 0.0897 e. The van der Waals surface area contributed by atoms with Crippen LogP contribution in [-0.2, 0) is 0 Å². The maximum Gasteiger partial charge on any atom is 0.0897 e. The zero-order valence-corrected chi connectivity index (χ0v) is 8.24. The Hall–Kier alpha value is -0.160. The SMILES string of the molecule is CCC1CNCCN1CC(O)CO. The maximum atomic E-state index is 9.31. The van der Waals surface area contributed by atoms with Crippen LogP contribution in [0.3, 0.4) is 0 Å². The van der Waals surface area contributed by atoms with Crippen LogP contribution in [0.5, 0.6) is 0 Å². The van der Waals surface area contributed by atoms with E-state index in [-0.39, 0.29) is 6.61 Å². The first-order valence-electron chi connectivity index (χ1n) is 5.01. The molecule has 0 amide bonds. The lowest BCUT2D eigenvalue weighted by Crippen LogP contribution is -2.53. The number of nitrogens with one attached hydrogen (secondary N) is 1. The molecule has 1 rings (SSSR count). The molecule has 0 aliphatic carbocycles. The highest BCUT2D eigenvalue weighted by Crippen LogP contribution is 2.07. The first kappa shape index (κ1) is 10.9. The van der Waals surface area contributed by atoms with Crippen molar-refractivity contribution in [1.29, 1.82) is 0 Å². The molecule has 3 N–H and O–H groups in total. The van der Waals surface area contributed by atoms with Crippen LogP contribution in [0.1, 0.15) is 13.3 Å². The lowest BCUT2D eigenvalue weighted by atomic mass is 10.1. The van der Waals surface area contributed by atoms with Gasteiger partial charge in [-0.15, -0.1) is 0 Å². The Morgan fingerprint density at radius 2 is 2.38 bits per heavy atom. The summed E-state index contributed by atoms with van der Waals surface area (Å²) in [6, 6.07) is 0.509. The van der Waals surface area contributed by atoms with Crippen molar-refractivity contribution in [2.45, 2.75) is 25.5 Å². The van der Waals surface area contributed by atoms with Crippen molar-refractivity contribution in [3.05, 3.63) is 0 Å². The van der Waals surface area contributed by atoms with Gasteiger partial charge >= 0.3 is 0 Å². The molecule has 1 aliphatic heterocycles. The van der Waals surface area contributed by atoms with Gasteiger partial charge in [0.1, 0.15) is 0 Å². The van der Waals surface area contributed by atoms with Crippen LogP contribution in [0.2, 0.25) is 0 Å². The van der Waals surface area contributed by atoms with Gasteiger partial charge in [-0.05, 0) is 6.42 Å². The molecule has 0 radical (unpaired) electrons. The van der Waals surface area contributed by atoms with E-state index in [1.165, 1.54) is 0 Å². The topological polar surface area (TPSA) is 55.7 Å². The van der Waals surface area contributed by atoms with Crippen LogP contribution >= 0.6 is 0 Å². The van der Waals surface area contributed by atoms with Gasteiger partial charge in [-0.3, -0.25) is 4.90 Å². The van der Waals surface area contributed by atoms with E-state index in [0.29, 0.717) is 12.6 Å². The zero-order chi connectivity index (χ0) is 9.68. The molecule has 78 valence electrons. The Morgan fingerprint density at radius 3 is 3.00 bits per heavy atom. The zero-order valence-electron chi connectivity index (χ0n) is 8.24. The number of β-amino-alcohol motifs (C(OH)–C–C–N with tert-alkyl or cyclic N) is 1. The lowest BCUT2D eigenvalue weighted by molar-refractivity contribution is 0.0364. The van der Waals surface area contributed by atoms with E-state index in [9.17, 15) is 5.11 Å². The van der Waals surface area contributed by atoms with E-state index < -0.39 is 6.10 Å². The van der Waals surface area contributed by atoms with Crippen LogP contribution in [0, 0.1) is 0 Å². The molecule has 1 saturated heterocycles. The van der Waals surface area contributed by atoms with Crippen molar-refractivity contribution < 1.29 is 10.2 Å². The Labute approximate surface area is 79.6 Å². The lowest BCUT2D eigenvalue weighted by Gasteiger charge is -2.36. The van der Waals surface area contributed by atoms with Gasteiger partial charge in [-0.25, -0.2) is 0 Å². The predicted molar refractivity (Wildman–Crippen MR) is 51.6 cm³/mol. The van der Waals surface area contributed by atoms with Crippen LogP contribution in [0.4, 0.5) is 0 Å². The second-order valence-corrected chi connectivity index (χ2v) is 3.60. The standard InChI is InChI=1S/C9H20N2O2/c1-2-8-5-10-3-4-11(8)6-9(13)7-12/h8-10,12-13H,2-7H2,1H3. The van der Waals surface area contributed by atoms with Gasteiger partial charge in [0.05, 0.1) is 12.7 Å². The highest BCUT2D eigenvalue weighted by Gasteiger charge is 2.21. The second-order valence-electron chi connectivity index (χ2n) is 3.60. The molecule has 1 fully saturated rings. The van der Waals surface area contributed by atoms with Crippen molar-refractivity contribution in [3.8, 4) is 0 Å². The number of nitrogens with zero attached hydrogens (tertiary/aromatic N) is 1. The highest BCUT2D eigenvalue weighted by molar-refractivity contribution is 4.80. The second kappa shape index (κ2) is 5.54. The molecule has 4 nitrogen and oxygen atoms in total. The van der Waals surface area contributed by atoms with Crippen molar-refractivity contribution in [2.75, 3.05) is 32.8 Å². The molecule has 0 aromatic rings. The molecule has 0 spiro atoms. The third kappa shape index (κ3) is 3.23. The first-order chi connectivity index (χ1) is 6.27. The van der Waals surface area contributed by atoms with Crippen molar-refractivity contribution in [3.63, 3.8) is 0 Å². The van der Waals surface area contributed by atoms with Crippen LogP contribution in [0.15, 0.2) is 0 Å². The summed E-state index contributed by atoms with van der Waals surface area (Å²) < 4.78 is 0. The minimum Gasteiger partial charge on any atom is -0.394 e. The Kier molecular flexibility index (Phi) is 4.66. The number of hydrogen-bond donors (Lipinski definition) is 3. The fourth-order valence-electron chi connectivity index (χ4n) is 1.77. The summed E-state index contributed by atoms with van der Waals surface area (Å²) in [6.07, 6.45) is 0.498. The van der Waals surface area contributed by atoms with Crippen molar-refractivity contribution in [1.82, 2.24) is 10.2 Å². The summed E-state index contributed by atoms with van der Waals surface area (Å²) in [5, 5.41) is 21.4. The molecule has 0 bridgehead atoms.